The standard InChI is InChI=1S/C11H11BrO3/c1-3-15-10-5-4-9(12)8(6-13)11(10)7(2)14/h4-6H,3H2,1-2H3. The van der Waals surface area contributed by atoms with Crippen LogP contribution in [0.5, 0.6) is 5.75 Å². The van der Waals surface area contributed by atoms with Crippen LogP contribution in [-0.4, -0.2) is 18.7 Å². The molecule has 0 bridgehead atoms. The van der Waals surface area contributed by atoms with E-state index < -0.39 is 0 Å². The summed E-state index contributed by atoms with van der Waals surface area (Å²) in [5.41, 5.74) is 0.676. The molecule has 0 aliphatic heterocycles. The Bertz CT molecular complexity index is 399. The van der Waals surface area contributed by atoms with E-state index in [-0.39, 0.29) is 5.78 Å². The molecule has 0 atom stereocenters. The maximum absolute atomic E-state index is 11.4. The molecule has 80 valence electrons. The van der Waals surface area contributed by atoms with E-state index >= 15 is 0 Å². The van der Waals surface area contributed by atoms with Gasteiger partial charge in [-0.25, -0.2) is 0 Å². The molecule has 0 aliphatic carbocycles. The second-order valence-corrected chi connectivity index (χ2v) is 3.80. The number of ketones is 1. The van der Waals surface area contributed by atoms with Gasteiger partial charge in [0.25, 0.3) is 0 Å². The fourth-order valence-electron chi connectivity index (χ4n) is 1.33. The lowest BCUT2D eigenvalue weighted by Gasteiger charge is -2.10. The number of hydrogen-bond acceptors (Lipinski definition) is 3. The summed E-state index contributed by atoms with van der Waals surface area (Å²) in [5, 5.41) is 0. The molecule has 0 fully saturated rings. The number of hydrogen-bond donors (Lipinski definition) is 0. The lowest BCUT2D eigenvalue weighted by Crippen LogP contribution is -2.05. The average Bonchev–Trinajstić information content (AvgIpc) is 2.20. The predicted octanol–water partition coefficient (Wildman–Crippen LogP) is 2.86. The minimum atomic E-state index is -0.179. The largest absolute Gasteiger partial charge is 0.493 e. The molecule has 15 heavy (non-hydrogen) atoms. The Morgan fingerprint density at radius 2 is 2.20 bits per heavy atom. The molecule has 1 aromatic rings. The molecule has 0 saturated heterocycles. The summed E-state index contributed by atoms with van der Waals surface area (Å²) in [6.07, 6.45) is 0.656. The van der Waals surface area contributed by atoms with E-state index in [9.17, 15) is 9.59 Å². The summed E-state index contributed by atoms with van der Waals surface area (Å²) in [4.78, 5) is 22.3. The summed E-state index contributed by atoms with van der Waals surface area (Å²) in [5.74, 6) is 0.275. The number of carbonyl (C=O) groups is 2. The zero-order valence-corrected chi connectivity index (χ0v) is 10.1. The van der Waals surface area contributed by atoms with Crippen molar-refractivity contribution in [3.05, 3.63) is 27.7 Å². The first-order valence-electron chi connectivity index (χ1n) is 4.53. The summed E-state index contributed by atoms with van der Waals surface area (Å²) < 4.78 is 5.90. The van der Waals surface area contributed by atoms with Crippen molar-refractivity contribution < 1.29 is 14.3 Å². The van der Waals surface area contributed by atoms with Crippen molar-refractivity contribution in [1.29, 1.82) is 0 Å². The van der Waals surface area contributed by atoms with Crippen LogP contribution in [-0.2, 0) is 0 Å². The molecule has 0 heterocycles. The van der Waals surface area contributed by atoms with Gasteiger partial charge >= 0.3 is 0 Å². The molecular formula is C11H11BrO3. The Labute approximate surface area is 96.6 Å². The Morgan fingerprint density at radius 1 is 1.53 bits per heavy atom. The monoisotopic (exact) mass is 270 g/mol. The van der Waals surface area contributed by atoms with Gasteiger partial charge in [-0.15, -0.1) is 0 Å². The van der Waals surface area contributed by atoms with Gasteiger partial charge in [-0.3, -0.25) is 9.59 Å². The average molecular weight is 271 g/mol. The van der Waals surface area contributed by atoms with Crippen molar-refractivity contribution >= 4 is 28.0 Å². The highest BCUT2D eigenvalue weighted by atomic mass is 79.9. The fraction of sp³-hybridized carbons (Fsp3) is 0.273. The van der Waals surface area contributed by atoms with Crippen molar-refractivity contribution in [1.82, 2.24) is 0 Å². The summed E-state index contributed by atoms with van der Waals surface area (Å²) >= 11 is 3.22. The number of benzene rings is 1. The zero-order valence-electron chi connectivity index (χ0n) is 8.54. The smallest absolute Gasteiger partial charge is 0.164 e. The van der Waals surface area contributed by atoms with E-state index in [0.29, 0.717) is 34.2 Å². The third-order valence-corrected chi connectivity index (χ3v) is 2.62. The van der Waals surface area contributed by atoms with Gasteiger partial charge in [-0.2, -0.15) is 0 Å². The van der Waals surface area contributed by atoms with Crippen molar-refractivity contribution in [3.63, 3.8) is 0 Å². The van der Waals surface area contributed by atoms with Crippen LogP contribution in [0, 0.1) is 0 Å². The molecule has 0 spiro atoms. The number of ether oxygens (including phenoxy) is 1. The maximum Gasteiger partial charge on any atom is 0.164 e. The molecule has 0 unspecified atom stereocenters. The number of halogens is 1. The zero-order chi connectivity index (χ0) is 11.4. The fourth-order valence-corrected chi connectivity index (χ4v) is 1.75. The van der Waals surface area contributed by atoms with Crippen molar-refractivity contribution in [3.8, 4) is 5.75 Å². The summed E-state index contributed by atoms with van der Waals surface area (Å²) in [7, 11) is 0. The van der Waals surface area contributed by atoms with Crippen LogP contribution in [0.2, 0.25) is 0 Å². The van der Waals surface area contributed by atoms with Crippen LogP contribution in [0.25, 0.3) is 0 Å². The number of rotatable bonds is 4. The first kappa shape index (κ1) is 11.9. The van der Waals surface area contributed by atoms with Gasteiger partial charge < -0.3 is 4.74 Å². The molecule has 0 saturated carbocycles. The Kier molecular flexibility index (Phi) is 4.03. The minimum absolute atomic E-state index is 0.179. The second-order valence-electron chi connectivity index (χ2n) is 2.94. The van der Waals surface area contributed by atoms with Crippen LogP contribution in [0.4, 0.5) is 0 Å². The van der Waals surface area contributed by atoms with E-state index in [4.69, 9.17) is 4.74 Å². The molecule has 4 heteroatoms. The third kappa shape index (κ3) is 2.45. The van der Waals surface area contributed by atoms with Crippen LogP contribution in [0.3, 0.4) is 0 Å². The van der Waals surface area contributed by atoms with Crippen LogP contribution < -0.4 is 4.74 Å². The molecule has 0 radical (unpaired) electrons. The number of aldehydes is 1. The first-order valence-corrected chi connectivity index (χ1v) is 5.32. The maximum atomic E-state index is 11.4. The molecular weight excluding hydrogens is 260 g/mol. The van der Waals surface area contributed by atoms with Gasteiger partial charge in [0.2, 0.25) is 0 Å². The Morgan fingerprint density at radius 3 is 2.67 bits per heavy atom. The van der Waals surface area contributed by atoms with Gasteiger partial charge in [0.1, 0.15) is 5.75 Å². The van der Waals surface area contributed by atoms with E-state index in [2.05, 4.69) is 15.9 Å². The lowest BCUT2D eigenvalue weighted by atomic mass is 10.0. The normalized spacial score (nSPS) is 9.80. The highest BCUT2D eigenvalue weighted by Gasteiger charge is 2.16. The SMILES string of the molecule is CCOc1ccc(Br)c(C=O)c1C(C)=O. The van der Waals surface area contributed by atoms with E-state index in [0.717, 1.165) is 0 Å². The molecule has 0 amide bonds. The Balaban J connectivity index is 3.41. The predicted molar refractivity (Wildman–Crippen MR) is 60.7 cm³/mol. The quantitative estimate of drug-likeness (QED) is 0.624. The van der Waals surface area contributed by atoms with E-state index in [1.54, 1.807) is 12.1 Å². The lowest BCUT2D eigenvalue weighted by molar-refractivity contribution is 0.100. The molecule has 1 rings (SSSR count). The van der Waals surface area contributed by atoms with Gasteiger partial charge in [-0.05, 0) is 26.0 Å². The second kappa shape index (κ2) is 5.07. The van der Waals surface area contributed by atoms with Crippen molar-refractivity contribution in [2.45, 2.75) is 13.8 Å². The van der Waals surface area contributed by atoms with E-state index in [1.165, 1.54) is 6.92 Å². The molecule has 0 aliphatic rings. The van der Waals surface area contributed by atoms with Gasteiger partial charge in [0, 0.05) is 10.0 Å². The molecule has 0 aromatic heterocycles. The topological polar surface area (TPSA) is 43.4 Å². The Hall–Kier alpha value is -1.16. The minimum Gasteiger partial charge on any atom is -0.493 e. The van der Waals surface area contributed by atoms with E-state index in [1.807, 2.05) is 6.92 Å². The first-order chi connectivity index (χ1) is 7.11. The van der Waals surface area contributed by atoms with Crippen molar-refractivity contribution in [2.24, 2.45) is 0 Å². The highest BCUT2D eigenvalue weighted by Crippen LogP contribution is 2.28. The van der Waals surface area contributed by atoms with Crippen LogP contribution in [0.15, 0.2) is 16.6 Å². The number of Topliss-reactive ketones (excluding diaryl/α,β-unsaturated/α-hetero) is 1. The highest BCUT2D eigenvalue weighted by molar-refractivity contribution is 9.10. The summed E-state index contributed by atoms with van der Waals surface area (Å²) in [6, 6.07) is 3.37. The molecule has 1 aromatic carbocycles. The summed E-state index contributed by atoms with van der Waals surface area (Å²) in [6.45, 7) is 3.70. The van der Waals surface area contributed by atoms with Gasteiger partial charge in [0.05, 0.1) is 12.2 Å². The number of carbonyl (C=O) groups excluding carboxylic acids is 2. The van der Waals surface area contributed by atoms with Crippen molar-refractivity contribution in [2.75, 3.05) is 6.61 Å². The van der Waals surface area contributed by atoms with Crippen LogP contribution in [0.1, 0.15) is 34.6 Å². The van der Waals surface area contributed by atoms with Gasteiger partial charge in [0.15, 0.2) is 12.1 Å². The molecule has 3 nitrogen and oxygen atoms in total. The van der Waals surface area contributed by atoms with Gasteiger partial charge in [-0.1, -0.05) is 15.9 Å². The molecule has 0 N–H and O–H groups in total. The van der Waals surface area contributed by atoms with Crippen LogP contribution >= 0.6 is 15.9 Å². The third-order valence-electron chi connectivity index (χ3n) is 1.92.